The summed E-state index contributed by atoms with van der Waals surface area (Å²) in [5.74, 6) is -2.83. The van der Waals surface area contributed by atoms with Gasteiger partial charge in [0.25, 0.3) is 11.7 Å². The lowest BCUT2D eigenvalue weighted by molar-refractivity contribution is -0.132. The molecular weight excluding hydrogens is 521 g/mol. The predicted molar refractivity (Wildman–Crippen MR) is 138 cm³/mol. The second-order valence-corrected chi connectivity index (χ2v) is 8.82. The highest BCUT2D eigenvalue weighted by Gasteiger charge is 2.47. The van der Waals surface area contributed by atoms with Gasteiger partial charge in [0.15, 0.2) is 5.75 Å². The number of carbonyl (C=O) groups is 3. The second kappa shape index (κ2) is 10.5. The third-order valence-corrected chi connectivity index (χ3v) is 6.33. The number of hydrogen-bond donors (Lipinski definition) is 2. The lowest BCUT2D eigenvalue weighted by atomic mass is 9.95. The van der Waals surface area contributed by atoms with Gasteiger partial charge in [0.2, 0.25) is 0 Å². The zero-order chi connectivity index (χ0) is 26.9. The number of aliphatic hydroxyl groups is 1. The van der Waals surface area contributed by atoms with Gasteiger partial charge in [0.05, 0.1) is 40.9 Å². The Kier molecular flexibility index (Phi) is 7.42. The van der Waals surface area contributed by atoms with Crippen LogP contribution in [-0.2, 0) is 14.3 Å². The van der Waals surface area contributed by atoms with Crippen LogP contribution in [0.25, 0.3) is 5.76 Å². The minimum absolute atomic E-state index is 0.0290. The maximum atomic E-state index is 13.3. The summed E-state index contributed by atoms with van der Waals surface area (Å²) in [6.07, 6.45) is 0. The molecule has 3 aromatic carbocycles. The van der Waals surface area contributed by atoms with Crippen molar-refractivity contribution in [1.82, 2.24) is 0 Å². The van der Waals surface area contributed by atoms with Gasteiger partial charge in [-0.15, -0.1) is 0 Å². The molecule has 0 spiro atoms. The van der Waals surface area contributed by atoms with Crippen molar-refractivity contribution in [2.24, 2.45) is 0 Å². The van der Waals surface area contributed by atoms with E-state index in [1.54, 1.807) is 19.1 Å². The molecule has 1 unspecified atom stereocenters. The zero-order valence-corrected chi connectivity index (χ0v) is 21.2. The number of Topliss-reactive ketones (excluding diaryl/α,β-unsaturated/α-hetero) is 1. The summed E-state index contributed by atoms with van der Waals surface area (Å²) in [7, 11) is 1.38. The van der Waals surface area contributed by atoms with Crippen LogP contribution in [0.5, 0.6) is 11.5 Å². The van der Waals surface area contributed by atoms with Crippen molar-refractivity contribution < 1.29 is 34.1 Å². The number of ether oxygens (including phenoxy) is 2. The number of aromatic hydroxyl groups is 1. The minimum atomic E-state index is -1.10. The van der Waals surface area contributed by atoms with E-state index in [0.29, 0.717) is 5.56 Å². The Morgan fingerprint density at radius 3 is 2.24 bits per heavy atom. The molecule has 1 saturated heterocycles. The minimum Gasteiger partial charge on any atom is -0.508 e. The van der Waals surface area contributed by atoms with E-state index < -0.39 is 29.5 Å². The number of anilines is 1. The summed E-state index contributed by atoms with van der Waals surface area (Å²) in [6.45, 7) is 1.83. The number of esters is 1. The van der Waals surface area contributed by atoms with Crippen LogP contribution in [0.3, 0.4) is 0 Å². The van der Waals surface area contributed by atoms with Gasteiger partial charge >= 0.3 is 5.97 Å². The summed E-state index contributed by atoms with van der Waals surface area (Å²) in [5.41, 5.74) is 0.702. The topological polar surface area (TPSA) is 113 Å². The molecule has 10 heteroatoms. The van der Waals surface area contributed by atoms with Crippen LogP contribution in [-0.4, -0.2) is 41.6 Å². The molecule has 190 valence electrons. The van der Waals surface area contributed by atoms with Gasteiger partial charge in [0.1, 0.15) is 11.5 Å². The van der Waals surface area contributed by atoms with Crippen LogP contribution >= 0.6 is 23.2 Å². The van der Waals surface area contributed by atoms with Crippen LogP contribution < -0.4 is 9.64 Å². The monoisotopic (exact) mass is 541 g/mol. The molecule has 0 saturated carbocycles. The van der Waals surface area contributed by atoms with Gasteiger partial charge in [0, 0.05) is 11.3 Å². The van der Waals surface area contributed by atoms with Crippen molar-refractivity contribution in [1.29, 1.82) is 0 Å². The number of amides is 1. The molecule has 1 fully saturated rings. The normalized spacial score (nSPS) is 16.6. The van der Waals surface area contributed by atoms with Crippen LogP contribution in [0, 0.1) is 0 Å². The van der Waals surface area contributed by atoms with Crippen LogP contribution in [0.2, 0.25) is 10.0 Å². The Bertz CT molecular complexity index is 1410. The van der Waals surface area contributed by atoms with Crippen LogP contribution in [0.15, 0.2) is 66.2 Å². The average Bonchev–Trinajstić information content (AvgIpc) is 3.14. The first kappa shape index (κ1) is 26.1. The van der Waals surface area contributed by atoms with Gasteiger partial charge < -0.3 is 19.7 Å². The summed E-state index contributed by atoms with van der Waals surface area (Å²) in [6, 6.07) is 13.5. The number of nitrogens with zero attached hydrogens (tertiary/aromatic N) is 1. The molecule has 1 aliphatic heterocycles. The molecule has 0 aliphatic carbocycles. The number of hydrogen-bond acceptors (Lipinski definition) is 7. The molecule has 8 nitrogen and oxygen atoms in total. The highest BCUT2D eigenvalue weighted by Crippen LogP contribution is 2.44. The third-order valence-electron chi connectivity index (χ3n) is 5.76. The van der Waals surface area contributed by atoms with Crippen molar-refractivity contribution >= 4 is 52.3 Å². The fourth-order valence-corrected chi connectivity index (χ4v) is 4.76. The number of aliphatic hydroxyl groups excluding tert-OH is 1. The smallest absolute Gasteiger partial charge is 0.338 e. The number of methoxy groups -OCH3 is 1. The third kappa shape index (κ3) is 4.85. The fraction of sp³-hybridized carbons (Fsp3) is 0.148. The largest absolute Gasteiger partial charge is 0.508 e. The quantitative estimate of drug-likeness (QED) is 0.183. The number of ketones is 1. The van der Waals surface area contributed by atoms with E-state index in [9.17, 15) is 24.6 Å². The van der Waals surface area contributed by atoms with E-state index in [4.69, 9.17) is 32.7 Å². The van der Waals surface area contributed by atoms with Gasteiger partial charge in [-0.05, 0) is 55.0 Å². The summed E-state index contributed by atoms with van der Waals surface area (Å²) < 4.78 is 10.2. The van der Waals surface area contributed by atoms with Crippen molar-refractivity contribution in [3.63, 3.8) is 0 Å². The Hall–Kier alpha value is -4.01. The molecule has 1 heterocycles. The predicted octanol–water partition coefficient (Wildman–Crippen LogP) is 5.51. The molecule has 3 aromatic rings. The first-order chi connectivity index (χ1) is 17.7. The standard InChI is InChI=1S/C27H21Cl2NO7/c1-3-37-27(35)15-5-4-6-17(11-15)30-22(14-7-9-18(31)10-8-14)21(24(33)26(30)34)23(32)16-12-19(28)25(36-2)20(29)13-16/h4-13,22,31-32H,3H2,1-2H3/b23-21+. The van der Waals surface area contributed by atoms with E-state index in [2.05, 4.69) is 0 Å². The average molecular weight is 542 g/mol. The molecule has 1 atom stereocenters. The summed E-state index contributed by atoms with van der Waals surface area (Å²) in [4.78, 5) is 40.2. The number of phenolic OH excluding ortho intramolecular Hbond substituents is 1. The van der Waals surface area contributed by atoms with E-state index in [1.165, 1.54) is 60.5 Å². The van der Waals surface area contributed by atoms with Crippen molar-refractivity contribution in [2.45, 2.75) is 13.0 Å². The zero-order valence-electron chi connectivity index (χ0n) is 19.7. The van der Waals surface area contributed by atoms with Crippen molar-refractivity contribution in [2.75, 3.05) is 18.6 Å². The number of phenols is 1. The highest BCUT2D eigenvalue weighted by molar-refractivity contribution is 6.52. The Balaban J connectivity index is 1.93. The van der Waals surface area contributed by atoms with E-state index >= 15 is 0 Å². The van der Waals surface area contributed by atoms with Crippen LogP contribution in [0.1, 0.15) is 34.5 Å². The van der Waals surface area contributed by atoms with Gasteiger partial charge in [-0.25, -0.2) is 4.79 Å². The lowest BCUT2D eigenvalue weighted by Crippen LogP contribution is -2.29. The molecule has 2 N–H and O–H groups in total. The molecule has 0 bridgehead atoms. The molecule has 37 heavy (non-hydrogen) atoms. The molecule has 0 aromatic heterocycles. The Morgan fingerprint density at radius 2 is 1.65 bits per heavy atom. The van der Waals surface area contributed by atoms with E-state index in [-0.39, 0.29) is 50.5 Å². The molecule has 0 radical (unpaired) electrons. The molecular formula is C27H21Cl2NO7. The Morgan fingerprint density at radius 1 is 1.00 bits per heavy atom. The van der Waals surface area contributed by atoms with Gasteiger partial charge in [-0.3, -0.25) is 14.5 Å². The molecule has 1 aliphatic rings. The fourth-order valence-electron chi connectivity index (χ4n) is 4.12. The maximum absolute atomic E-state index is 13.3. The van der Waals surface area contributed by atoms with Gasteiger partial charge in [-0.2, -0.15) is 0 Å². The summed E-state index contributed by atoms with van der Waals surface area (Å²) >= 11 is 12.5. The van der Waals surface area contributed by atoms with Crippen molar-refractivity contribution in [3.8, 4) is 11.5 Å². The molecule has 1 amide bonds. The van der Waals surface area contributed by atoms with E-state index in [1.807, 2.05) is 0 Å². The number of halogens is 2. The van der Waals surface area contributed by atoms with Crippen LogP contribution in [0.4, 0.5) is 5.69 Å². The first-order valence-electron chi connectivity index (χ1n) is 11.1. The Labute approximate surface area is 222 Å². The summed E-state index contributed by atoms with van der Waals surface area (Å²) in [5, 5.41) is 21.3. The number of rotatable bonds is 6. The lowest BCUT2D eigenvalue weighted by Gasteiger charge is -2.26. The maximum Gasteiger partial charge on any atom is 0.338 e. The second-order valence-electron chi connectivity index (χ2n) is 8.00. The van der Waals surface area contributed by atoms with Gasteiger partial charge in [-0.1, -0.05) is 41.4 Å². The molecule has 4 rings (SSSR count). The first-order valence-corrected chi connectivity index (χ1v) is 11.8. The van der Waals surface area contributed by atoms with E-state index in [0.717, 1.165) is 0 Å². The number of carbonyl (C=O) groups excluding carboxylic acids is 3. The van der Waals surface area contributed by atoms with Crippen molar-refractivity contribution in [3.05, 3.63) is 93.0 Å². The number of benzene rings is 3. The SMILES string of the molecule is CCOC(=O)c1cccc(N2C(=O)C(=O)/C(=C(/O)c3cc(Cl)c(OC)c(Cl)c3)C2c2ccc(O)cc2)c1. The highest BCUT2D eigenvalue weighted by atomic mass is 35.5.